The van der Waals surface area contributed by atoms with Gasteiger partial charge in [-0.3, -0.25) is 4.79 Å². The van der Waals surface area contributed by atoms with Crippen molar-refractivity contribution >= 4 is 5.91 Å². The minimum absolute atomic E-state index is 0.0719. The zero-order valence-electron chi connectivity index (χ0n) is 12.9. The Balaban J connectivity index is 1.73. The second kappa shape index (κ2) is 5.67. The van der Waals surface area contributed by atoms with Crippen LogP contribution in [-0.2, 0) is 4.79 Å². The topological polar surface area (TPSA) is 46.3 Å². The molecular weight excluding hydrogens is 248 g/mol. The molecule has 0 aromatic rings. The highest BCUT2D eigenvalue weighted by atomic mass is 16.2. The minimum atomic E-state index is -0.280. The molecule has 2 aliphatic carbocycles. The summed E-state index contributed by atoms with van der Waals surface area (Å²) < 4.78 is 0. The third-order valence-electron chi connectivity index (χ3n) is 6.27. The Kier molecular flexibility index (Phi) is 4.07. The Hall–Kier alpha value is -0.570. The van der Waals surface area contributed by atoms with E-state index < -0.39 is 0 Å². The molecule has 0 aromatic carbocycles. The van der Waals surface area contributed by atoms with E-state index in [2.05, 4.69) is 11.8 Å². The van der Waals surface area contributed by atoms with Gasteiger partial charge in [0.1, 0.15) is 0 Å². The monoisotopic (exact) mass is 278 g/mol. The van der Waals surface area contributed by atoms with Gasteiger partial charge in [-0.15, -0.1) is 0 Å². The predicted molar refractivity (Wildman–Crippen MR) is 81.2 cm³/mol. The van der Waals surface area contributed by atoms with E-state index in [0.717, 1.165) is 31.7 Å². The highest BCUT2D eigenvalue weighted by Crippen LogP contribution is 2.42. The molecule has 1 saturated heterocycles. The molecule has 3 unspecified atom stereocenters. The van der Waals surface area contributed by atoms with Crippen molar-refractivity contribution in [1.82, 2.24) is 4.90 Å². The van der Waals surface area contributed by atoms with Crippen molar-refractivity contribution in [2.45, 2.75) is 83.2 Å². The van der Waals surface area contributed by atoms with Crippen molar-refractivity contribution in [3.63, 3.8) is 0 Å². The summed E-state index contributed by atoms with van der Waals surface area (Å²) in [6.07, 6.45) is 12.3. The van der Waals surface area contributed by atoms with E-state index in [1.54, 1.807) is 0 Å². The summed E-state index contributed by atoms with van der Waals surface area (Å²) >= 11 is 0. The molecule has 0 spiro atoms. The summed E-state index contributed by atoms with van der Waals surface area (Å²) in [5, 5.41) is 0. The van der Waals surface area contributed by atoms with E-state index in [4.69, 9.17) is 5.73 Å². The van der Waals surface area contributed by atoms with Gasteiger partial charge in [-0.1, -0.05) is 25.7 Å². The molecule has 20 heavy (non-hydrogen) atoms. The van der Waals surface area contributed by atoms with Gasteiger partial charge in [0.15, 0.2) is 0 Å². The van der Waals surface area contributed by atoms with Crippen LogP contribution in [0.3, 0.4) is 0 Å². The number of hydrogen-bond acceptors (Lipinski definition) is 2. The summed E-state index contributed by atoms with van der Waals surface area (Å²) in [5.41, 5.74) is 5.98. The molecule has 114 valence electrons. The van der Waals surface area contributed by atoms with E-state index >= 15 is 0 Å². The Labute approximate surface area is 123 Å². The third kappa shape index (κ3) is 2.38. The maximum Gasteiger partial charge on any atom is 0.230 e. The van der Waals surface area contributed by atoms with Gasteiger partial charge < -0.3 is 10.6 Å². The molecule has 0 radical (unpaired) electrons. The number of nitrogens with two attached hydrogens (primary N) is 1. The predicted octanol–water partition coefficient (Wildman–Crippen LogP) is 3.08. The SMILES string of the molecule is CC1(C(=O)N2CCCC2C2CCCCC2)CCCC1N. The molecule has 1 aliphatic heterocycles. The van der Waals surface area contributed by atoms with Gasteiger partial charge in [0.2, 0.25) is 5.91 Å². The van der Waals surface area contributed by atoms with Crippen LogP contribution in [0.1, 0.15) is 71.1 Å². The summed E-state index contributed by atoms with van der Waals surface area (Å²) in [6, 6.07) is 0.593. The molecule has 3 nitrogen and oxygen atoms in total. The molecule has 1 amide bonds. The van der Waals surface area contributed by atoms with Crippen LogP contribution in [0.25, 0.3) is 0 Å². The summed E-state index contributed by atoms with van der Waals surface area (Å²) in [5.74, 6) is 1.13. The Morgan fingerprint density at radius 1 is 1.05 bits per heavy atom. The average Bonchev–Trinajstić information content (AvgIpc) is 3.08. The number of nitrogens with zero attached hydrogens (tertiary/aromatic N) is 1. The lowest BCUT2D eigenvalue weighted by molar-refractivity contribution is -0.143. The smallest absolute Gasteiger partial charge is 0.230 e. The molecule has 3 atom stereocenters. The van der Waals surface area contributed by atoms with E-state index in [1.807, 2.05) is 0 Å². The molecular formula is C17H30N2O. The molecule has 0 aromatic heterocycles. The maximum absolute atomic E-state index is 13.1. The van der Waals surface area contributed by atoms with Gasteiger partial charge in [-0.25, -0.2) is 0 Å². The highest BCUT2D eigenvalue weighted by molar-refractivity contribution is 5.84. The van der Waals surface area contributed by atoms with Crippen LogP contribution >= 0.6 is 0 Å². The first kappa shape index (κ1) is 14.4. The zero-order valence-corrected chi connectivity index (χ0v) is 12.9. The second-order valence-electron chi connectivity index (χ2n) is 7.52. The molecule has 3 heteroatoms. The Bertz CT molecular complexity index is 364. The molecule has 2 N–H and O–H groups in total. The summed E-state index contributed by atoms with van der Waals surface area (Å²) in [7, 11) is 0. The van der Waals surface area contributed by atoms with E-state index in [0.29, 0.717) is 11.9 Å². The van der Waals surface area contributed by atoms with Crippen LogP contribution in [-0.4, -0.2) is 29.4 Å². The molecule has 3 aliphatic rings. The van der Waals surface area contributed by atoms with Gasteiger partial charge >= 0.3 is 0 Å². The van der Waals surface area contributed by atoms with Gasteiger partial charge in [0.25, 0.3) is 0 Å². The van der Waals surface area contributed by atoms with Crippen molar-refractivity contribution in [3.8, 4) is 0 Å². The second-order valence-corrected chi connectivity index (χ2v) is 7.52. The summed E-state index contributed by atoms with van der Waals surface area (Å²) in [6.45, 7) is 3.09. The average molecular weight is 278 g/mol. The fraction of sp³-hybridized carbons (Fsp3) is 0.941. The van der Waals surface area contributed by atoms with Crippen molar-refractivity contribution in [3.05, 3.63) is 0 Å². The first-order valence-corrected chi connectivity index (χ1v) is 8.69. The summed E-state index contributed by atoms with van der Waals surface area (Å²) in [4.78, 5) is 15.3. The number of amides is 1. The largest absolute Gasteiger partial charge is 0.339 e. The van der Waals surface area contributed by atoms with Crippen LogP contribution in [0, 0.1) is 11.3 Å². The van der Waals surface area contributed by atoms with Crippen molar-refractivity contribution in [1.29, 1.82) is 0 Å². The number of hydrogen-bond donors (Lipinski definition) is 1. The zero-order chi connectivity index (χ0) is 14.2. The molecule has 1 heterocycles. The van der Waals surface area contributed by atoms with Crippen LogP contribution < -0.4 is 5.73 Å². The van der Waals surface area contributed by atoms with Crippen LogP contribution in [0.5, 0.6) is 0 Å². The number of rotatable bonds is 2. The Morgan fingerprint density at radius 2 is 1.80 bits per heavy atom. The lowest BCUT2D eigenvalue weighted by Gasteiger charge is -2.39. The van der Waals surface area contributed by atoms with Gasteiger partial charge in [-0.2, -0.15) is 0 Å². The van der Waals surface area contributed by atoms with Gasteiger partial charge in [0, 0.05) is 18.6 Å². The lowest BCUT2D eigenvalue weighted by Crippen LogP contribution is -2.52. The van der Waals surface area contributed by atoms with Crippen LogP contribution in [0.2, 0.25) is 0 Å². The third-order valence-corrected chi connectivity index (χ3v) is 6.27. The van der Waals surface area contributed by atoms with E-state index in [-0.39, 0.29) is 11.5 Å². The van der Waals surface area contributed by atoms with Gasteiger partial charge in [-0.05, 0) is 51.4 Å². The standard InChI is InChI=1S/C17H30N2O/c1-17(11-5-10-15(17)18)16(20)19-12-6-9-14(19)13-7-3-2-4-8-13/h13-15H,2-12,18H2,1H3. The number of carbonyl (C=O) groups is 1. The minimum Gasteiger partial charge on any atom is -0.339 e. The molecule has 3 fully saturated rings. The fourth-order valence-corrected chi connectivity index (χ4v) is 4.84. The van der Waals surface area contributed by atoms with Crippen LogP contribution in [0.15, 0.2) is 0 Å². The van der Waals surface area contributed by atoms with E-state index in [9.17, 15) is 4.79 Å². The molecule has 3 rings (SSSR count). The maximum atomic E-state index is 13.1. The highest BCUT2D eigenvalue weighted by Gasteiger charge is 2.48. The normalized spacial score (nSPS) is 39.4. The van der Waals surface area contributed by atoms with Gasteiger partial charge in [0.05, 0.1) is 5.41 Å². The van der Waals surface area contributed by atoms with Crippen molar-refractivity contribution in [2.75, 3.05) is 6.54 Å². The number of carbonyl (C=O) groups excluding carboxylic acids is 1. The molecule has 2 saturated carbocycles. The number of likely N-dealkylation sites (tertiary alicyclic amines) is 1. The van der Waals surface area contributed by atoms with Crippen LogP contribution in [0.4, 0.5) is 0 Å². The van der Waals surface area contributed by atoms with E-state index in [1.165, 1.54) is 44.9 Å². The van der Waals surface area contributed by atoms with Crippen molar-refractivity contribution < 1.29 is 4.79 Å². The first-order valence-electron chi connectivity index (χ1n) is 8.69. The first-order chi connectivity index (χ1) is 9.63. The lowest BCUT2D eigenvalue weighted by atomic mass is 9.80. The Morgan fingerprint density at radius 3 is 2.45 bits per heavy atom. The fourth-order valence-electron chi connectivity index (χ4n) is 4.84. The quantitative estimate of drug-likeness (QED) is 0.843. The van der Waals surface area contributed by atoms with Crippen molar-refractivity contribution in [2.24, 2.45) is 17.1 Å². The molecule has 0 bridgehead atoms.